The molecule has 0 heterocycles. The Hall–Kier alpha value is -2.89. The summed E-state index contributed by atoms with van der Waals surface area (Å²) in [7, 11) is 2.93. The van der Waals surface area contributed by atoms with E-state index >= 15 is 0 Å². The maximum Gasteiger partial charge on any atom is 0.255 e. The number of hydrogen-bond acceptors (Lipinski definition) is 5. The first kappa shape index (κ1) is 14.5. The molecule has 0 aliphatic rings. The number of nitrogens with two attached hydrogens (primary N) is 1. The largest absolute Gasteiger partial charge is 0.504 e. The lowest BCUT2D eigenvalue weighted by molar-refractivity contribution is 0.102. The smallest absolute Gasteiger partial charge is 0.255 e. The zero-order valence-electron chi connectivity index (χ0n) is 11.7. The van der Waals surface area contributed by atoms with Crippen molar-refractivity contribution in [3.8, 4) is 17.2 Å². The van der Waals surface area contributed by atoms with Gasteiger partial charge in [0.25, 0.3) is 5.91 Å². The quantitative estimate of drug-likeness (QED) is 0.750. The molecule has 0 spiro atoms. The van der Waals surface area contributed by atoms with Crippen molar-refractivity contribution in [3.05, 3.63) is 42.0 Å². The normalized spacial score (nSPS) is 10.0. The van der Waals surface area contributed by atoms with Gasteiger partial charge in [-0.1, -0.05) is 0 Å². The fraction of sp³-hybridized carbons (Fsp3) is 0.133. The van der Waals surface area contributed by atoms with E-state index in [1.54, 1.807) is 24.3 Å². The van der Waals surface area contributed by atoms with Crippen molar-refractivity contribution in [1.82, 2.24) is 0 Å². The first-order chi connectivity index (χ1) is 10.0. The van der Waals surface area contributed by atoms with Crippen molar-refractivity contribution in [2.75, 3.05) is 25.3 Å². The topological polar surface area (TPSA) is 93.8 Å². The molecule has 21 heavy (non-hydrogen) atoms. The highest BCUT2D eigenvalue weighted by atomic mass is 16.5. The molecule has 0 aliphatic carbocycles. The zero-order valence-corrected chi connectivity index (χ0v) is 11.7. The number of nitrogens with one attached hydrogen (secondary N) is 1. The number of phenolic OH excluding ortho intramolecular Hbond substituents is 1. The molecule has 0 atom stereocenters. The van der Waals surface area contributed by atoms with Crippen LogP contribution in [0.1, 0.15) is 10.4 Å². The van der Waals surface area contributed by atoms with Gasteiger partial charge in [-0.25, -0.2) is 0 Å². The van der Waals surface area contributed by atoms with Gasteiger partial charge in [-0.05, 0) is 30.3 Å². The molecule has 0 fully saturated rings. The first-order valence-corrected chi connectivity index (χ1v) is 6.17. The molecule has 0 bridgehead atoms. The van der Waals surface area contributed by atoms with E-state index in [0.717, 1.165) is 0 Å². The second kappa shape index (κ2) is 6.04. The molecule has 4 N–H and O–H groups in total. The Labute approximate surface area is 122 Å². The van der Waals surface area contributed by atoms with Crippen LogP contribution in [0.25, 0.3) is 0 Å². The van der Waals surface area contributed by atoms with Gasteiger partial charge >= 0.3 is 0 Å². The van der Waals surface area contributed by atoms with Gasteiger partial charge in [-0.2, -0.15) is 0 Å². The summed E-state index contributed by atoms with van der Waals surface area (Å²) in [4.78, 5) is 12.2. The molecular formula is C15H16N2O4. The molecule has 1 amide bonds. The summed E-state index contributed by atoms with van der Waals surface area (Å²) in [6.45, 7) is 0. The summed E-state index contributed by atoms with van der Waals surface area (Å²) in [5.74, 6) is 0.281. The molecule has 0 radical (unpaired) electrons. The second-order valence-electron chi connectivity index (χ2n) is 4.30. The third-order valence-corrected chi connectivity index (χ3v) is 2.91. The lowest BCUT2D eigenvalue weighted by atomic mass is 10.1. The summed E-state index contributed by atoms with van der Waals surface area (Å²) in [6, 6.07) is 9.32. The van der Waals surface area contributed by atoms with Crippen LogP contribution in [0, 0.1) is 0 Å². The summed E-state index contributed by atoms with van der Waals surface area (Å²) < 4.78 is 10.1. The van der Waals surface area contributed by atoms with E-state index in [4.69, 9.17) is 15.2 Å². The van der Waals surface area contributed by atoms with E-state index in [2.05, 4.69) is 5.32 Å². The number of nitrogen functional groups attached to an aromatic ring is 1. The Kier molecular flexibility index (Phi) is 4.18. The Balaban J connectivity index is 2.24. The SMILES string of the molecule is COc1ccc(C(=O)Nc2ccc(N)cc2OC)cc1O. The van der Waals surface area contributed by atoms with Crippen LogP contribution in [0.5, 0.6) is 17.2 Å². The minimum atomic E-state index is -0.379. The van der Waals surface area contributed by atoms with E-state index in [9.17, 15) is 9.90 Å². The van der Waals surface area contributed by atoms with Gasteiger partial charge in [-0.15, -0.1) is 0 Å². The van der Waals surface area contributed by atoms with E-state index in [0.29, 0.717) is 28.4 Å². The number of ether oxygens (including phenoxy) is 2. The predicted molar refractivity (Wildman–Crippen MR) is 80.0 cm³/mol. The van der Waals surface area contributed by atoms with Gasteiger partial charge in [0, 0.05) is 17.3 Å². The number of amides is 1. The molecule has 2 aromatic rings. The van der Waals surface area contributed by atoms with E-state index in [1.165, 1.54) is 26.4 Å². The Morgan fingerprint density at radius 2 is 1.81 bits per heavy atom. The third kappa shape index (κ3) is 3.17. The van der Waals surface area contributed by atoms with Crippen LogP contribution >= 0.6 is 0 Å². The van der Waals surface area contributed by atoms with Crippen LogP contribution in [0.4, 0.5) is 11.4 Å². The van der Waals surface area contributed by atoms with E-state index in [-0.39, 0.29) is 11.7 Å². The molecule has 0 aromatic heterocycles. The van der Waals surface area contributed by atoms with Crippen LogP contribution in [0.3, 0.4) is 0 Å². The van der Waals surface area contributed by atoms with Crippen molar-refractivity contribution in [2.24, 2.45) is 0 Å². The number of benzene rings is 2. The number of carbonyl (C=O) groups excluding carboxylic acids is 1. The second-order valence-corrected chi connectivity index (χ2v) is 4.30. The number of methoxy groups -OCH3 is 2. The fourth-order valence-electron chi connectivity index (χ4n) is 1.84. The molecule has 0 aliphatic heterocycles. The van der Waals surface area contributed by atoms with Crippen LogP contribution < -0.4 is 20.5 Å². The lowest BCUT2D eigenvalue weighted by Gasteiger charge is -2.11. The number of hydrogen-bond donors (Lipinski definition) is 3. The molecule has 0 saturated carbocycles. The molecule has 6 heteroatoms. The van der Waals surface area contributed by atoms with E-state index < -0.39 is 0 Å². The summed E-state index contributed by atoms with van der Waals surface area (Å²) >= 11 is 0. The number of rotatable bonds is 4. The van der Waals surface area contributed by atoms with Crippen molar-refractivity contribution >= 4 is 17.3 Å². The highest BCUT2D eigenvalue weighted by Crippen LogP contribution is 2.29. The molecular weight excluding hydrogens is 272 g/mol. The van der Waals surface area contributed by atoms with Gasteiger partial charge in [-0.3, -0.25) is 4.79 Å². The zero-order chi connectivity index (χ0) is 15.4. The maximum absolute atomic E-state index is 12.2. The highest BCUT2D eigenvalue weighted by molar-refractivity contribution is 6.05. The van der Waals surface area contributed by atoms with Gasteiger partial charge in [0.2, 0.25) is 0 Å². The molecule has 0 unspecified atom stereocenters. The number of carbonyl (C=O) groups is 1. The van der Waals surface area contributed by atoms with E-state index in [1.807, 2.05) is 0 Å². The molecule has 0 saturated heterocycles. The Bertz CT molecular complexity index is 671. The van der Waals surface area contributed by atoms with Crippen LogP contribution in [0.15, 0.2) is 36.4 Å². The highest BCUT2D eigenvalue weighted by Gasteiger charge is 2.12. The summed E-state index contributed by atoms with van der Waals surface area (Å²) in [5.41, 5.74) is 6.98. The minimum absolute atomic E-state index is 0.102. The predicted octanol–water partition coefficient (Wildman–Crippen LogP) is 2.24. The maximum atomic E-state index is 12.2. The minimum Gasteiger partial charge on any atom is -0.504 e. The lowest BCUT2D eigenvalue weighted by Crippen LogP contribution is -2.12. The molecule has 2 aromatic carbocycles. The van der Waals surface area contributed by atoms with Crippen molar-refractivity contribution < 1.29 is 19.4 Å². The van der Waals surface area contributed by atoms with Gasteiger partial charge < -0.3 is 25.6 Å². The first-order valence-electron chi connectivity index (χ1n) is 6.17. The van der Waals surface area contributed by atoms with Crippen LogP contribution in [-0.4, -0.2) is 25.2 Å². The Morgan fingerprint density at radius 3 is 2.43 bits per heavy atom. The monoisotopic (exact) mass is 288 g/mol. The average Bonchev–Trinajstić information content (AvgIpc) is 2.48. The molecule has 6 nitrogen and oxygen atoms in total. The third-order valence-electron chi connectivity index (χ3n) is 2.91. The number of phenols is 1. The van der Waals surface area contributed by atoms with Crippen LogP contribution in [0.2, 0.25) is 0 Å². The Morgan fingerprint density at radius 1 is 1.10 bits per heavy atom. The summed E-state index contributed by atoms with van der Waals surface area (Å²) in [5, 5.41) is 12.4. The van der Waals surface area contributed by atoms with Gasteiger partial charge in [0.15, 0.2) is 11.5 Å². The van der Waals surface area contributed by atoms with Gasteiger partial charge in [0.05, 0.1) is 19.9 Å². The molecule has 110 valence electrons. The fourth-order valence-corrected chi connectivity index (χ4v) is 1.84. The van der Waals surface area contributed by atoms with Crippen molar-refractivity contribution in [1.29, 1.82) is 0 Å². The molecule has 2 rings (SSSR count). The van der Waals surface area contributed by atoms with Gasteiger partial charge in [0.1, 0.15) is 5.75 Å². The average molecular weight is 288 g/mol. The number of anilines is 2. The van der Waals surface area contributed by atoms with Crippen molar-refractivity contribution in [3.63, 3.8) is 0 Å². The summed E-state index contributed by atoms with van der Waals surface area (Å²) in [6.07, 6.45) is 0. The number of aromatic hydroxyl groups is 1. The standard InChI is InChI=1S/C15H16N2O4/c1-20-13-6-3-9(7-12(13)18)15(19)17-11-5-4-10(16)8-14(11)21-2/h3-8,18H,16H2,1-2H3,(H,17,19). The van der Waals surface area contributed by atoms with Crippen molar-refractivity contribution in [2.45, 2.75) is 0 Å². The van der Waals surface area contributed by atoms with Crippen LogP contribution in [-0.2, 0) is 0 Å².